The molecule has 0 bridgehead atoms. The molecular formula is C24H26N8. The molecule has 0 unspecified atom stereocenters. The Balaban J connectivity index is 1.16. The third kappa shape index (κ3) is 3.08. The zero-order valence-corrected chi connectivity index (χ0v) is 18.0. The van der Waals surface area contributed by atoms with Gasteiger partial charge in [0.2, 0.25) is 0 Å². The van der Waals surface area contributed by atoms with Crippen molar-refractivity contribution in [3.05, 3.63) is 47.7 Å². The van der Waals surface area contributed by atoms with Gasteiger partial charge in [0.15, 0.2) is 11.5 Å². The van der Waals surface area contributed by atoms with Crippen LogP contribution in [0.5, 0.6) is 0 Å². The Morgan fingerprint density at radius 2 is 1.84 bits per heavy atom. The third-order valence-corrected chi connectivity index (χ3v) is 7.09. The van der Waals surface area contributed by atoms with Gasteiger partial charge in [-0.05, 0) is 56.4 Å². The normalized spacial score (nSPS) is 20.8. The number of aromatic nitrogens is 7. The molecule has 4 aromatic heterocycles. The predicted molar refractivity (Wildman–Crippen MR) is 122 cm³/mol. The van der Waals surface area contributed by atoms with E-state index in [2.05, 4.69) is 48.9 Å². The summed E-state index contributed by atoms with van der Waals surface area (Å²) in [5.41, 5.74) is 3.77. The minimum Gasteiger partial charge on any atom is -0.356 e. The fraction of sp³-hybridized carbons (Fsp3) is 0.458. The number of H-pyrrole nitrogens is 1. The van der Waals surface area contributed by atoms with Crippen LogP contribution in [0, 0.1) is 0 Å². The molecule has 6 heterocycles. The van der Waals surface area contributed by atoms with Gasteiger partial charge in [0.05, 0.1) is 0 Å². The molecule has 1 saturated carbocycles. The highest BCUT2D eigenvalue weighted by atomic mass is 15.3. The first-order chi connectivity index (χ1) is 15.8. The number of nitrogens with zero attached hydrogens (tertiary/aromatic N) is 7. The maximum Gasteiger partial charge on any atom is 0.160 e. The molecule has 162 valence electrons. The lowest BCUT2D eigenvalue weighted by atomic mass is 9.97. The zero-order chi connectivity index (χ0) is 21.1. The van der Waals surface area contributed by atoms with Crippen LogP contribution in [-0.2, 0) is 13.0 Å². The molecule has 1 aliphatic carbocycles. The molecule has 1 N–H and O–H groups in total. The van der Waals surface area contributed by atoms with E-state index in [0.29, 0.717) is 11.8 Å². The Morgan fingerprint density at radius 1 is 0.875 bits per heavy atom. The summed E-state index contributed by atoms with van der Waals surface area (Å²) >= 11 is 0. The maximum atomic E-state index is 4.94. The first-order valence-corrected chi connectivity index (χ1v) is 11.8. The fourth-order valence-corrected chi connectivity index (χ4v) is 5.24. The Kier molecular flexibility index (Phi) is 4.07. The van der Waals surface area contributed by atoms with Crippen molar-refractivity contribution >= 4 is 17.0 Å². The third-order valence-electron chi connectivity index (χ3n) is 7.09. The van der Waals surface area contributed by atoms with Crippen LogP contribution in [0.2, 0.25) is 0 Å². The average molecular weight is 427 g/mol. The van der Waals surface area contributed by atoms with Crippen LogP contribution in [0.25, 0.3) is 22.7 Å². The second kappa shape index (κ2) is 7.12. The molecule has 0 amide bonds. The van der Waals surface area contributed by atoms with E-state index in [9.17, 15) is 0 Å². The van der Waals surface area contributed by atoms with Gasteiger partial charge in [0.1, 0.15) is 28.7 Å². The molecule has 2 aliphatic heterocycles. The van der Waals surface area contributed by atoms with Gasteiger partial charge in [-0.2, -0.15) is 0 Å². The minimum absolute atomic E-state index is 0.410. The Hall–Kier alpha value is -3.29. The van der Waals surface area contributed by atoms with Crippen LogP contribution in [0.3, 0.4) is 0 Å². The zero-order valence-electron chi connectivity index (χ0n) is 18.0. The number of hydrogen-bond donors (Lipinski definition) is 1. The highest BCUT2D eigenvalue weighted by Crippen LogP contribution is 2.39. The van der Waals surface area contributed by atoms with E-state index in [4.69, 9.17) is 15.0 Å². The number of aromatic amines is 1. The van der Waals surface area contributed by atoms with E-state index in [1.54, 1.807) is 0 Å². The molecule has 4 aromatic rings. The van der Waals surface area contributed by atoms with Crippen molar-refractivity contribution < 1.29 is 0 Å². The van der Waals surface area contributed by atoms with E-state index < -0.39 is 0 Å². The van der Waals surface area contributed by atoms with Crippen molar-refractivity contribution in [3.8, 4) is 11.5 Å². The lowest BCUT2D eigenvalue weighted by Gasteiger charge is -2.33. The summed E-state index contributed by atoms with van der Waals surface area (Å²) in [7, 11) is 0. The van der Waals surface area contributed by atoms with Gasteiger partial charge in [0, 0.05) is 43.6 Å². The number of hydrogen-bond acceptors (Lipinski definition) is 6. The van der Waals surface area contributed by atoms with E-state index in [-0.39, 0.29) is 0 Å². The van der Waals surface area contributed by atoms with Gasteiger partial charge in [-0.25, -0.2) is 15.0 Å². The monoisotopic (exact) mass is 426 g/mol. The smallest absolute Gasteiger partial charge is 0.160 e. The van der Waals surface area contributed by atoms with E-state index in [0.717, 1.165) is 79.0 Å². The first kappa shape index (κ1) is 18.3. The van der Waals surface area contributed by atoms with Gasteiger partial charge < -0.3 is 14.5 Å². The number of nitrogens with one attached hydrogen (secondary N) is 1. The summed E-state index contributed by atoms with van der Waals surface area (Å²) in [6, 6.07) is 10.4. The average Bonchev–Trinajstić information content (AvgIpc) is 3.24. The van der Waals surface area contributed by atoms with Crippen LogP contribution in [0.15, 0.2) is 30.3 Å². The lowest BCUT2D eigenvalue weighted by molar-refractivity contribution is 0.471. The maximum absolute atomic E-state index is 4.94. The van der Waals surface area contributed by atoms with Crippen LogP contribution in [-0.4, -0.2) is 47.8 Å². The molecule has 1 saturated heterocycles. The van der Waals surface area contributed by atoms with E-state index >= 15 is 0 Å². The first-order valence-electron chi connectivity index (χ1n) is 11.8. The summed E-state index contributed by atoms with van der Waals surface area (Å²) < 4.78 is 2.34. The molecule has 0 spiro atoms. The molecule has 7 rings (SSSR count). The molecule has 0 aromatic carbocycles. The standard InChI is InChI=1S/C24H26N8/c1-5-17(15-8-9-15)25-18(6-1)22-26-19-10-11-20(27-23(19)28-22)31-12-2-4-16(14-31)24-30-29-21-7-3-13-32(21)24/h1,5-6,10-11,15-16H,2-4,7-9,12-14H2,(H,26,27,28)/t16-/m1/s1. The second-order valence-corrected chi connectivity index (χ2v) is 9.36. The van der Waals surface area contributed by atoms with Gasteiger partial charge >= 0.3 is 0 Å². The molecule has 8 nitrogen and oxygen atoms in total. The van der Waals surface area contributed by atoms with Crippen LogP contribution >= 0.6 is 0 Å². The van der Waals surface area contributed by atoms with Crippen LogP contribution < -0.4 is 4.90 Å². The summed E-state index contributed by atoms with van der Waals surface area (Å²) in [6.45, 7) is 3.01. The Morgan fingerprint density at radius 3 is 2.78 bits per heavy atom. The molecule has 32 heavy (non-hydrogen) atoms. The highest BCUT2D eigenvalue weighted by Gasteiger charge is 2.29. The highest BCUT2D eigenvalue weighted by molar-refractivity contribution is 5.77. The fourth-order valence-electron chi connectivity index (χ4n) is 5.24. The minimum atomic E-state index is 0.410. The quantitative estimate of drug-likeness (QED) is 0.534. The van der Waals surface area contributed by atoms with Crippen molar-refractivity contribution in [3.63, 3.8) is 0 Å². The Labute approximate surface area is 186 Å². The summed E-state index contributed by atoms with van der Waals surface area (Å²) in [5, 5.41) is 8.97. The molecular weight excluding hydrogens is 400 g/mol. The SMILES string of the molecule is c1cc(-c2nc3ccc(N4CCC[C@@H](c5nnc6n5CCC6)C4)nc3[nH]2)nc(C2CC2)c1. The lowest BCUT2D eigenvalue weighted by Crippen LogP contribution is -2.35. The van der Waals surface area contributed by atoms with Crippen LogP contribution in [0.1, 0.15) is 61.3 Å². The van der Waals surface area contributed by atoms with Crippen molar-refractivity contribution in [2.24, 2.45) is 0 Å². The van der Waals surface area contributed by atoms with E-state index in [1.807, 2.05) is 6.07 Å². The number of piperidine rings is 1. The summed E-state index contributed by atoms with van der Waals surface area (Å²) in [6.07, 6.45) is 7.04. The number of aryl methyl sites for hydroxylation is 1. The molecule has 2 fully saturated rings. The number of anilines is 1. The van der Waals surface area contributed by atoms with Gasteiger partial charge in [0.25, 0.3) is 0 Å². The van der Waals surface area contributed by atoms with Crippen molar-refractivity contribution in [2.75, 3.05) is 18.0 Å². The molecule has 3 aliphatic rings. The summed E-state index contributed by atoms with van der Waals surface area (Å²) in [4.78, 5) is 20.3. The van der Waals surface area contributed by atoms with Crippen molar-refractivity contribution in [1.29, 1.82) is 0 Å². The predicted octanol–water partition coefficient (Wildman–Crippen LogP) is 3.82. The second-order valence-electron chi connectivity index (χ2n) is 9.36. The van der Waals surface area contributed by atoms with Gasteiger partial charge in [-0.3, -0.25) is 0 Å². The Bertz CT molecular complexity index is 1300. The molecule has 8 heteroatoms. The van der Waals surface area contributed by atoms with Gasteiger partial charge in [-0.15, -0.1) is 10.2 Å². The number of imidazole rings is 1. The molecule has 0 radical (unpaired) electrons. The van der Waals surface area contributed by atoms with Gasteiger partial charge in [-0.1, -0.05) is 6.07 Å². The van der Waals surface area contributed by atoms with Crippen LogP contribution in [0.4, 0.5) is 5.82 Å². The number of pyridine rings is 2. The van der Waals surface area contributed by atoms with E-state index in [1.165, 1.54) is 25.0 Å². The largest absolute Gasteiger partial charge is 0.356 e. The van der Waals surface area contributed by atoms with Crippen molar-refractivity contribution in [2.45, 2.75) is 56.9 Å². The number of rotatable bonds is 4. The molecule has 1 atom stereocenters. The topological polar surface area (TPSA) is 88.4 Å². The summed E-state index contributed by atoms with van der Waals surface area (Å²) in [5.74, 6) is 5.14. The van der Waals surface area contributed by atoms with Crippen molar-refractivity contribution in [1.82, 2.24) is 34.7 Å². The number of fused-ring (bicyclic) bond motifs is 2.